The van der Waals surface area contributed by atoms with Gasteiger partial charge in [-0.15, -0.1) is 23.1 Å². The van der Waals surface area contributed by atoms with E-state index in [0.29, 0.717) is 4.58 Å². The molecule has 0 nitrogen and oxygen atoms in total. The molecule has 0 saturated carbocycles. The first kappa shape index (κ1) is 7.07. The molecule has 0 amide bonds. The fourth-order valence-electron chi connectivity index (χ4n) is 1.13. The quantitative estimate of drug-likeness (QED) is 0.611. The van der Waals surface area contributed by atoms with Crippen LogP contribution in [-0.2, 0) is 6.42 Å². The minimum Gasteiger partial charge on any atom is -0.164 e. The highest BCUT2D eigenvalue weighted by molar-refractivity contribution is 8.10. The molecular formula is C7H8S3. The molecule has 0 saturated heterocycles. The number of thioether (sulfide) groups is 1. The van der Waals surface area contributed by atoms with Gasteiger partial charge in [-0.05, 0) is 13.0 Å². The highest BCUT2D eigenvalue weighted by Crippen LogP contribution is 2.43. The Morgan fingerprint density at radius 3 is 3.20 bits per heavy atom. The number of thiol groups is 1. The Morgan fingerprint density at radius 1 is 1.70 bits per heavy atom. The molecule has 0 N–H and O–H groups in total. The van der Waals surface area contributed by atoms with Crippen molar-refractivity contribution in [1.29, 1.82) is 0 Å². The third-order valence-corrected chi connectivity index (χ3v) is 4.27. The van der Waals surface area contributed by atoms with Crippen LogP contribution >= 0.6 is 35.7 Å². The molecule has 0 aliphatic carbocycles. The van der Waals surface area contributed by atoms with Crippen LogP contribution in [0.2, 0.25) is 0 Å². The molecule has 0 fully saturated rings. The molecular weight excluding hydrogens is 180 g/mol. The van der Waals surface area contributed by atoms with E-state index in [1.807, 2.05) is 23.1 Å². The molecule has 10 heavy (non-hydrogen) atoms. The molecule has 54 valence electrons. The van der Waals surface area contributed by atoms with Gasteiger partial charge in [0.25, 0.3) is 0 Å². The Balaban J connectivity index is 2.39. The minimum absolute atomic E-state index is 0.516. The number of hydrogen-bond acceptors (Lipinski definition) is 3. The van der Waals surface area contributed by atoms with Crippen molar-refractivity contribution in [3.05, 3.63) is 15.8 Å². The average Bonchev–Trinajstić information content (AvgIpc) is 2.21. The van der Waals surface area contributed by atoms with Crippen LogP contribution in [0.25, 0.3) is 0 Å². The smallest absolute Gasteiger partial charge is 0.0568 e. The number of thiophene rings is 1. The van der Waals surface area contributed by atoms with Crippen molar-refractivity contribution in [2.24, 2.45) is 0 Å². The van der Waals surface area contributed by atoms with Crippen molar-refractivity contribution in [3.63, 3.8) is 0 Å². The van der Waals surface area contributed by atoms with E-state index in [2.05, 4.69) is 25.6 Å². The molecule has 2 rings (SSSR count). The molecule has 0 aromatic carbocycles. The van der Waals surface area contributed by atoms with E-state index < -0.39 is 0 Å². The van der Waals surface area contributed by atoms with Crippen molar-refractivity contribution in [1.82, 2.24) is 0 Å². The molecule has 1 aliphatic heterocycles. The van der Waals surface area contributed by atoms with Gasteiger partial charge < -0.3 is 0 Å². The van der Waals surface area contributed by atoms with Gasteiger partial charge in [0.1, 0.15) is 0 Å². The predicted molar refractivity (Wildman–Crippen MR) is 51.4 cm³/mol. The Labute approximate surface area is 74.4 Å². The highest BCUT2D eigenvalue weighted by atomic mass is 32.2. The Hall–Kier alpha value is 0.400. The van der Waals surface area contributed by atoms with Crippen LogP contribution in [0.5, 0.6) is 0 Å². The summed E-state index contributed by atoms with van der Waals surface area (Å²) < 4.78 is 0.516. The van der Waals surface area contributed by atoms with Gasteiger partial charge in [-0.2, -0.15) is 12.6 Å². The van der Waals surface area contributed by atoms with Gasteiger partial charge in [0.05, 0.1) is 4.58 Å². The Bertz CT molecular complexity index is 228. The molecule has 1 unspecified atom stereocenters. The van der Waals surface area contributed by atoms with Gasteiger partial charge in [-0.3, -0.25) is 0 Å². The second-order valence-corrected chi connectivity index (χ2v) is 5.98. The standard InChI is InChI=1S/C7H8S3/c1-4-2-5-6(9-4)3-7(8)10-5/h2,7-8H,3H2,1H3. The normalized spacial score (nSPS) is 23.2. The molecule has 0 bridgehead atoms. The van der Waals surface area contributed by atoms with E-state index >= 15 is 0 Å². The molecule has 2 heterocycles. The maximum Gasteiger partial charge on any atom is 0.0568 e. The lowest BCUT2D eigenvalue weighted by atomic mass is 10.4. The summed E-state index contributed by atoms with van der Waals surface area (Å²) in [4.78, 5) is 4.42. The number of fused-ring (bicyclic) bond motifs is 1. The largest absolute Gasteiger partial charge is 0.164 e. The first-order valence-corrected chi connectivity index (χ1v) is 5.41. The van der Waals surface area contributed by atoms with E-state index in [-0.39, 0.29) is 0 Å². The second kappa shape index (κ2) is 2.47. The summed E-state index contributed by atoms with van der Waals surface area (Å²) in [6, 6.07) is 2.26. The first-order chi connectivity index (χ1) is 4.75. The highest BCUT2D eigenvalue weighted by Gasteiger charge is 2.20. The van der Waals surface area contributed by atoms with Crippen molar-refractivity contribution in [2.45, 2.75) is 22.8 Å². The van der Waals surface area contributed by atoms with E-state index in [4.69, 9.17) is 0 Å². The van der Waals surface area contributed by atoms with Crippen LogP contribution in [-0.4, -0.2) is 4.58 Å². The van der Waals surface area contributed by atoms with Crippen molar-refractivity contribution in [3.8, 4) is 0 Å². The van der Waals surface area contributed by atoms with Crippen molar-refractivity contribution >= 4 is 35.7 Å². The third kappa shape index (κ3) is 1.11. The van der Waals surface area contributed by atoms with E-state index in [1.54, 1.807) is 0 Å². The van der Waals surface area contributed by atoms with Gasteiger partial charge in [-0.1, -0.05) is 0 Å². The zero-order valence-electron chi connectivity index (χ0n) is 5.63. The van der Waals surface area contributed by atoms with Crippen LogP contribution in [0.3, 0.4) is 0 Å². The van der Waals surface area contributed by atoms with E-state index in [9.17, 15) is 0 Å². The van der Waals surface area contributed by atoms with Gasteiger partial charge in [0, 0.05) is 21.1 Å². The summed E-state index contributed by atoms with van der Waals surface area (Å²) in [5, 5.41) is 0. The fourth-order valence-corrected chi connectivity index (χ4v) is 4.20. The molecule has 1 aromatic rings. The predicted octanol–water partition coefficient (Wildman–Crippen LogP) is 2.96. The molecule has 1 atom stereocenters. The third-order valence-electron chi connectivity index (χ3n) is 1.52. The molecule has 0 radical (unpaired) electrons. The SMILES string of the molecule is Cc1cc2c(s1)CC(S)S2. The van der Waals surface area contributed by atoms with Crippen molar-refractivity contribution in [2.75, 3.05) is 0 Å². The van der Waals surface area contributed by atoms with Crippen LogP contribution in [0.1, 0.15) is 9.75 Å². The summed E-state index contributed by atoms with van der Waals surface area (Å²) in [5.41, 5.74) is 0. The lowest BCUT2D eigenvalue weighted by Crippen LogP contribution is -1.85. The maximum atomic E-state index is 4.41. The zero-order valence-corrected chi connectivity index (χ0v) is 8.15. The summed E-state index contributed by atoms with van der Waals surface area (Å²) in [6.45, 7) is 2.16. The summed E-state index contributed by atoms with van der Waals surface area (Å²) in [6.07, 6.45) is 1.15. The van der Waals surface area contributed by atoms with Crippen LogP contribution in [0, 0.1) is 6.92 Å². The number of aryl methyl sites for hydroxylation is 1. The first-order valence-electron chi connectivity index (χ1n) is 3.20. The lowest BCUT2D eigenvalue weighted by molar-refractivity contribution is 1.16. The van der Waals surface area contributed by atoms with E-state index in [1.165, 1.54) is 14.6 Å². The summed E-state index contributed by atoms with van der Waals surface area (Å²) in [7, 11) is 0. The van der Waals surface area contributed by atoms with E-state index in [0.717, 1.165) is 6.42 Å². The second-order valence-electron chi connectivity index (χ2n) is 2.42. The van der Waals surface area contributed by atoms with Gasteiger partial charge in [0.15, 0.2) is 0 Å². The Kier molecular flexibility index (Phi) is 1.74. The van der Waals surface area contributed by atoms with Crippen LogP contribution in [0.15, 0.2) is 11.0 Å². The lowest BCUT2D eigenvalue weighted by Gasteiger charge is -1.94. The molecule has 1 aromatic heterocycles. The molecule has 0 spiro atoms. The number of hydrogen-bond donors (Lipinski definition) is 1. The minimum atomic E-state index is 0.516. The fraction of sp³-hybridized carbons (Fsp3) is 0.429. The monoisotopic (exact) mass is 188 g/mol. The van der Waals surface area contributed by atoms with Gasteiger partial charge >= 0.3 is 0 Å². The van der Waals surface area contributed by atoms with Gasteiger partial charge in [-0.25, -0.2) is 0 Å². The van der Waals surface area contributed by atoms with Crippen LogP contribution < -0.4 is 0 Å². The Morgan fingerprint density at radius 2 is 2.50 bits per heavy atom. The number of rotatable bonds is 0. The zero-order chi connectivity index (χ0) is 7.14. The van der Waals surface area contributed by atoms with Crippen molar-refractivity contribution < 1.29 is 0 Å². The van der Waals surface area contributed by atoms with Crippen LogP contribution in [0.4, 0.5) is 0 Å². The van der Waals surface area contributed by atoms with Gasteiger partial charge in [0.2, 0.25) is 0 Å². The summed E-state index contributed by atoms with van der Waals surface area (Å²) in [5.74, 6) is 0. The average molecular weight is 188 g/mol. The topological polar surface area (TPSA) is 0 Å². The molecule has 1 aliphatic rings. The maximum absolute atomic E-state index is 4.41. The molecule has 3 heteroatoms. The summed E-state index contributed by atoms with van der Waals surface area (Å²) >= 11 is 8.20.